The number of nitrogens with zero attached hydrogens (tertiary/aromatic N) is 1. The number of sulfonamides is 2. The number of benzene rings is 4. The quantitative estimate of drug-likeness (QED) is 0.200. The molecule has 0 fully saturated rings. The van der Waals surface area contributed by atoms with Gasteiger partial charge in [-0.3, -0.25) is 13.8 Å². The van der Waals surface area contributed by atoms with E-state index in [1.807, 2.05) is 0 Å². The number of halogens is 5. The van der Waals surface area contributed by atoms with Crippen molar-refractivity contribution in [2.24, 2.45) is 0 Å². The highest BCUT2D eigenvalue weighted by molar-refractivity contribution is 7.93. The van der Waals surface area contributed by atoms with Gasteiger partial charge in [-0.1, -0.05) is 53.0 Å². The van der Waals surface area contributed by atoms with Gasteiger partial charge < -0.3 is 5.32 Å². The first kappa shape index (κ1) is 32.1. The number of anilines is 3. The summed E-state index contributed by atoms with van der Waals surface area (Å²) in [5.74, 6) is -0.788. The third kappa shape index (κ3) is 7.60. The average Bonchev–Trinajstić information content (AvgIpc) is 2.93. The van der Waals surface area contributed by atoms with Crippen LogP contribution in [0, 0.1) is 6.92 Å². The Morgan fingerprint density at radius 1 is 0.814 bits per heavy atom. The van der Waals surface area contributed by atoms with Crippen molar-refractivity contribution >= 4 is 66.2 Å². The molecule has 0 aliphatic heterocycles. The largest absolute Gasteiger partial charge is 0.416 e. The van der Waals surface area contributed by atoms with Crippen LogP contribution in [0.5, 0.6) is 0 Å². The summed E-state index contributed by atoms with van der Waals surface area (Å²) in [5, 5.41) is 2.48. The molecule has 0 heterocycles. The van der Waals surface area contributed by atoms with Crippen molar-refractivity contribution in [3.05, 3.63) is 112 Å². The van der Waals surface area contributed by atoms with Crippen molar-refractivity contribution in [1.29, 1.82) is 0 Å². The molecule has 2 N–H and O–H groups in total. The van der Waals surface area contributed by atoms with E-state index >= 15 is 0 Å². The van der Waals surface area contributed by atoms with Crippen LogP contribution in [0.4, 0.5) is 30.2 Å². The van der Waals surface area contributed by atoms with Crippen molar-refractivity contribution in [3.63, 3.8) is 0 Å². The van der Waals surface area contributed by atoms with Gasteiger partial charge in [0.1, 0.15) is 6.54 Å². The zero-order valence-electron chi connectivity index (χ0n) is 22.1. The number of rotatable bonds is 9. The molecular formula is C28H22Cl2F3N3O5S2. The van der Waals surface area contributed by atoms with Crippen LogP contribution in [-0.4, -0.2) is 29.3 Å². The van der Waals surface area contributed by atoms with Crippen LogP contribution < -0.4 is 14.3 Å². The molecule has 0 bridgehead atoms. The van der Waals surface area contributed by atoms with E-state index in [0.717, 1.165) is 34.1 Å². The smallest absolute Gasteiger partial charge is 0.325 e. The van der Waals surface area contributed by atoms with Crippen molar-refractivity contribution in [1.82, 2.24) is 0 Å². The summed E-state index contributed by atoms with van der Waals surface area (Å²) in [5.41, 5.74) is -0.413. The highest BCUT2D eigenvalue weighted by Gasteiger charge is 2.31. The molecule has 1 amide bonds. The van der Waals surface area contributed by atoms with Gasteiger partial charge in [-0.2, -0.15) is 13.2 Å². The molecule has 0 spiro atoms. The minimum atomic E-state index is -4.66. The molecule has 8 nitrogen and oxygen atoms in total. The summed E-state index contributed by atoms with van der Waals surface area (Å²) >= 11 is 12.4. The number of carbonyl (C=O) groups is 1. The van der Waals surface area contributed by atoms with E-state index in [4.69, 9.17) is 23.2 Å². The van der Waals surface area contributed by atoms with Crippen LogP contribution in [0.15, 0.2) is 101 Å². The maximum Gasteiger partial charge on any atom is 0.416 e. The molecule has 226 valence electrons. The number of carbonyl (C=O) groups excluding carboxylic acids is 1. The Bertz CT molecular complexity index is 1870. The van der Waals surface area contributed by atoms with Crippen LogP contribution in [0.2, 0.25) is 10.0 Å². The molecule has 0 aliphatic carbocycles. The lowest BCUT2D eigenvalue weighted by molar-refractivity contribution is -0.137. The van der Waals surface area contributed by atoms with E-state index in [-0.39, 0.29) is 36.9 Å². The predicted molar refractivity (Wildman–Crippen MR) is 159 cm³/mol. The number of alkyl halides is 3. The number of nitrogens with one attached hydrogen (secondary N) is 2. The Hall–Kier alpha value is -3.78. The zero-order chi connectivity index (χ0) is 31.6. The molecule has 0 saturated carbocycles. The number of hydrogen-bond donors (Lipinski definition) is 2. The molecule has 0 aliphatic rings. The number of amides is 1. The summed E-state index contributed by atoms with van der Waals surface area (Å²) in [6.45, 7) is 1.07. The Kier molecular flexibility index (Phi) is 9.30. The van der Waals surface area contributed by atoms with Gasteiger partial charge in [0.05, 0.1) is 31.1 Å². The van der Waals surface area contributed by atoms with Gasteiger partial charge in [0.2, 0.25) is 5.91 Å². The van der Waals surface area contributed by atoms with Gasteiger partial charge in [0, 0.05) is 11.4 Å². The van der Waals surface area contributed by atoms with Crippen molar-refractivity contribution < 1.29 is 34.8 Å². The number of hydrogen-bond acceptors (Lipinski definition) is 5. The number of aryl methyl sites for hydroxylation is 1. The third-order valence-corrected chi connectivity index (χ3v) is 9.97. The SMILES string of the molecule is Cc1ccc(S(=O)(=O)N(CC(=O)Nc2ccc(S(=O)(=O)Nc3cccc(C(F)(F)F)c3)cc2)c2cccc(Cl)c2Cl)cc1. The van der Waals surface area contributed by atoms with E-state index in [1.165, 1.54) is 48.5 Å². The normalized spacial score (nSPS) is 12.0. The summed E-state index contributed by atoms with van der Waals surface area (Å²) in [7, 11) is -8.58. The van der Waals surface area contributed by atoms with Crippen molar-refractivity contribution in [2.45, 2.75) is 22.9 Å². The highest BCUT2D eigenvalue weighted by Crippen LogP contribution is 2.36. The Morgan fingerprint density at radius 3 is 2.05 bits per heavy atom. The molecule has 43 heavy (non-hydrogen) atoms. The molecule has 4 rings (SSSR count). The van der Waals surface area contributed by atoms with E-state index in [1.54, 1.807) is 19.1 Å². The van der Waals surface area contributed by atoms with E-state index in [9.17, 15) is 34.8 Å². The molecule has 0 radical (unpaired) electrons. The summed E-state index contributed by atoms with van der Waals surface area (Å²) < 4.78 is 94.5. The maximum absolute atomic E-state index is 13.6. The second kappa shape index (κ2) is 12.4. The molecule has 0 saturated heterocycles. The van der Waals surface area contributed by atoms with E-state index in [0.29, 0.717) is 6.07 Å². The van der Waals surface area contributed by atoms with Gasteiger partial charge in [0.15, 0.2) is 0 Å². The van der Waals surface area contributed by atoms with E-state index in [2.05, 4.69) is 10.0 Å². The van der Waals surface area contributed by atoms with Crippen LogP contribution in [0.25, 0.3) is 0 Å². The first-order chi connectivity index (χ1) is 20.1. The standard InChI is InChI=1S/C28H22Cl2F3N3O5S2/c1-18-8-12-23(13-9-18)43(40,41)36(25-7-3-6-24(29)27(25)30)17-26(37)34-20-10-14-22(15-11-20)42(38,39)35-21-5-2-4-19(16-21)28(31,32)33/h2-16,35H,17H2,1H3,(H,34,37). The molecular weight excluding hydrogens is 650 g/mol. The third-order valence-electron chi connectivity index (χ3n) is 5.99. The molecule has 0 aromatic heterocycles. The van der Waals surface area contributed by atoms with Crippen LogP contribution >= 0.6 is 23.2 Å². The fourth-order valence-corrected chi connectivity index (χ4v) is 6.77. The van der Waals surface area contributed by atoms with Crippen molar-refractivity contribution in [2.75, 3.05) is 20.9 Å². The summed E-state index contributed by atoms with van der Waals surface area (Å²) in [6.07, 6.45) is -4.66. The minimum Gasteiger partial charge on any atom is -0.325 e. The van der Waals surface area contributed by atoms with Gasteiger partial charge in [0.25, 0.3) is 20.0 Å². The molecule has 4 aromatic rings. The second-order valence-electron chi connectivity index (χ2n) is 9.15. The Labute approximate surface area is 256 Å². The topological polar surface area (TPSA) is 113 Å². The lowest BCUT2D eigenvalue weighted by Gasteiger charge is -2.25. The Morgan fingerprint density at radius 2 is 1.42 bits per heavy atom. The lowest BCUT2D eigenvalue weighted by Crippen LogP contribution is -2.38. The van der Waals surface area contributed by atoms with Gasteiger partial charge >= 0.3 is 6.18 Å². The minimum absolute atomic E-state index is 0.0352. The highest BCUT2D eigenvalue weighted by atomic mass is 35.5. The molecule has 0 atom stereocenters. The van der Waals surface area contributed by atoms with Crippen LogP contribution in [-0.2, 0) is 31.0 Å². The summed E-state index contributed by atoms with van der Waals surface area (Å²) in [4.78, 5) is 12.7. The van der Waals surface area contributed by atoms with Gasteiger partial charge in [-0.05, 0) is 73.7 Å². The zero-order valence-corrected chi connectivity index (χ0v) is 25.2. The average molecular weight is 673 g/mol. The lowest BCUT2D eigenvalue weighted by atomic mass is 10.2. The van der Waals surface area contributed by atoms with Crippen LogP contribution in [0.1, 0.15) is 11.1 Å². The first-order valence-corrected chi connectivity index (χ1v) is 15.9. The van der Waals surface area contributed by atoms with Crippen LogP contribution in [0.3, 0.4) is 0 Å². The van der Waals surface area contributed by atoms with E-state index < -0.39 is 44.2 Å². The Balaban J connectivity index is 1.55. The van der Waals surface area contributed by atoms with Crippen molar-refractivity contribution in [3.8, 4) is 0 Å². The monoisotopic (exact) mass is 671 g/mol. The first-order valence-electron chi connectivity index (χ1n) is 12.2. The second-order valence-corrected chi connectivity index (χ2v) is 13.5. The fraction of sp³-hybridized carbons (Fsp3) is 0.107. The molecule has 0 unspecified atom stereocenters. The maximum atomic E-state index is 13.6. The predicted octanol–water partition coefficient (Wildman–Crippen LogP) is 6.96. The summed E-state index contributed by atoms with van der Waals surface area (Å²) in [6, 6.07) is 18.7. The molecule has 15 heteroatoms. The fourth-order valence-electron chi connectivity index (χ4n) is 3.84. The molecule has 4 aromatic carbocycles. The van der Waals surface area contributed by atoms with Gasteiger partial charge in [-0.25, -0.2) is 16.8 Å². The van der Waals surface area contributed by atoms with Gasteiger partial charge in [-0.15, -0.1) is 0 Å².